The highest BCUT2D eigenvalue weighted by Gasteiger charge is 2.12. The third-order valence-electron chi connectivity index (χ3n) is 3.58. The zero-order valence-corrected chi connectivity index (χ0v) is 14.6. The van der Waals surface area contributed by atoms with Gasteiger partial charge in [0.15, 0.2) is 0 Å². The van der Waals surface area contributed by atoms with Gasteiger partial charge in [-0.15, -0.1) is 11.6 Å². The number of benzene rings is 1. The Hall–Kier alpha value is -1.14. The van der Waals surface area contributed by atoms with Crippen LogP contribution in [-0.4, -0.2) is 20.4 Å². The molecule has 0 saturated carbocycles. The second kappa shape index (κ2) is 6.32. The molecule has 0 N–H and O–H groups in total. The van der Waals surface area contributed by atoms with Crippen LogP contribution in [0.3, 0.4) is 0 Å². The van der Waals surface area contributed by atoms with E-state index in [1.54, 1.807) is 0 Å². The zero-order chi connectivity index (χ0) is 14.8. The van der Waals surface area contributed by atoms with E-state index in [1.165, 1.54) is 14.7 Å². The highest BCUT2D eigenvalue weighted by atomic mass is 127. The van der Waals surface area contributed by atoms with E-state index in [1.807, 2.05) is 18.5 Å². The van der Waals surface area contributed by atoms with Gasteiger partial charge in [-0.25, -0.2) is 4.98 Å². The van der Waals surface area contributed by atoms with Crippen LogP contribution in [0.25, 0.3) is 11.0 Å². The third kappa shape index (κ3) is 3.06. The van der Waals surface area contributed by atoms with Gasteiger partial charge in [0.2, 0.25) is 0 Å². The molecule has 3 nitrogen and oxygen atoms in total. The second-order valence-corrected chi connectivity index (χ2v) is 6.61. The monoisotopic (exact) mass is 411 g/mol. The molecule has 0 aliphatic rings. The zero-order valence-electron chi connectivity index (χ0n) is 11.7. The van der Waals surface area contributed by atoms with Crippen LogP contribution in [-0.2, 0) is 13.0 Å². The number of halogens is 2. The molecule has 1 aromatic carbocycles. The fourth-order valence-corrected chi connectivity index (χ4v) is 3.08. The van der Waals surface area contributed by atoms with E-state index in [9.17, 15) is 0 Å². The largest absolute Gasteiger partial charge is 0.323 e. The Labute approximate surface area is 142 Å². The number of fused-ring (bicyclic) bond motifs is 1. The first kappa shape index (κ1) is 14.8. The van der Waals surface area contributed by atoms with Gasteiger partial charge in [-0.1, -0.05) is 0 Å². The van der Waals surface area contributed by atoms with Crippen molar-refractivity contribution in [3.8, 4) is 0 Å². The van der Waals surface area contributed by atoms with Crippen LogP contribution >= 0.6 is 34.2 Å². The molecule has 2 heterocycles. The summed E-state index contributed by atoms with van der Waals surface area (Å²) in [6, 6.07) is 8.40. The first-order valence-electron chi connectivity index (χ1n) is 6.79. The highest BCUT2D eigenvalue weighted by Crippen LogP contribution is 2.21. The van der Waals surface area contributed by atoms with Crippen LogP contribution < -0.4 is 0 Å². The summed E-state index contributed by atoms with van der Waals surface area (Å²) in [7, 11) is 0. The molecular formula is C16H15ClIN3. The molecule has 21 heavy (non-hydrogen) atoms. The van der Waals surface area contributed by atoms with Gasteiger partial charge in [0.25, 0.3) is 0 Å². The summed E-state index contributed by atoms with van der Waals surface area (Å²) in [5, 5.41) is 0. The predicted molar refractivity (Wildman–Crippen MR) is 95.0 cm³/mol. The number of imidazole rings is 1. The summed E-state index contributed by atoms with van der Waals surface area (Å²) < 4.78 is 3.44. The topological polar surface area (TPSA) is 30.7 Å². The Balaban J connectivity index is 2.11. The second-order valence-electron chi connectivity index (χ2n) is 4.99. The summed E-state index contributed by atoms with van der Waals surface area (Å²) in [4.78, 5) is 8.98. The van der Waals surface area contributed by atoms with Crippen LogP contribution in [0.1, 0.15) is 17.0 Å². The number of pyridine rings is 1. The van der Waals surface area contributed by atoms with Gasteiger partial charge >= 0.3 is 0 Å². The number of alkyl halides is 1. The SMILES string of the molecule is Cc1ccncc1Cn1c(CCCl)nc2cc(I)ccc21. The predicted octanol–water partition coefficient (Wildman–Crippen LogP) is 4.17. The molecule has 0 saturated heterocycles. The number of aromatic nitrogens is 3. The molecule has 0 aliphatic carbocycles. The average molecular weight is 412 g/mol. The lowest BCUT2D eigenvalue weighted by atomic mass is 10.1. The minimum Gasteiger partial charge on any atom is -0.323 e. The van der Waals surface area contributed by atoms with Crippen molar-refractivity contribution in [2.24, 2.45) is 0 Å². The van der Waals surface area contributed by atoms with Crippen molar-refractivity contribution in [1.82, 2.24) is 14.5 Å². The lowest BCUT2D eigenvalue weighted by molar-refractivity contribution is 0.748. The summed E-state index contributed by atoms with van der Waals surface area (Å²) in [5.41, 5.74) is 4.64. The van der Waals surface area contributed by atoms with Gasteiger partial charge in [0.1, 0.15) is 5.82 Å². The van der Waals surface area contributed by atoms with Crippen LogP contribution in [0, 0.1) is 10.5 Å². The van der Waals surface area contributed by atoms with Crippen LogP contribution in [0.5, 0.6) is 0 Å². The molecule has 3 aromatic rings. The van der Waals surface area contributed by atoms with Crippen molar-refractivity contribution in [2.75, 3.05) is 5.88 Å². The fourth-order valence-electron chi connectivity index (χ4n) is 2.44. The molecule has 0 fully saturated rings. The normalized spacial score (nSPS) is 11.2. The van der Waals surface area contributed by atoms with E-state index >= 15 is 0 Å². The number of aryl methyl sites for hydroxylation is 2. The van der Waals surface area contributed by atoms with Gasteiger partial charge in [-0.3, -0.25) is 4.98 Å². The lowest BCUT2D eigenvalue weighted by Crippen LogP contribution is -2.07. The van der Waals surface area contributed by atoms with E-state index in [2.05, 4.69) is 57.3 Å². The molecule has 0 spiro atoms. The Bertz CT molecular complexity index is 782. The first-order chi connectivity index (χ1) is 10.2. The van der Waals surface area contributed by atoms with E-state index in [-0.39, 0.29) is 0 Å². The van der Waals surface area contributed by atoms with Gasteiger partial charge in [-0.05, 0) is 64.9 Å². The molecule has 108 valence electrons. The van der Waals surface area contributed by atoms with Crippen molar-refractivity contribution in [3.05, 3.63) is 57.2 Å². The molecule has 3 rings (SSSR count). The van der Waals surface area contributed by atoms with Crippen molar-refractivity contribution in [2.45, 2.75) is 19.9 Å². The maximum atomic E-state index is 5.93. The van der Waals surface area contributed by atoms with Crippen molar-refractivity contribution in [1.29, 1.82) is 0 Å². The molecular weight excluding hydrogens is 397 g/mol. The van der Waals surface area contributed by atoms with E-state index in [0.29, 0.717) is 5.88 Å². The van der Waals surface area contributed by atoms with Gasteiger partial charge in [0, 0.05) is 28.3 Å². The Morgan fingerprint density at radius 2 is 2.14 bits per heavy atom. The van der Waals surface area contributed by atoms with E-state index in [4.69, 9.17) is 16.6 Å². The first-order valence-corrected chi connectivity index (χ1v) is 8.40. The minimum atomic E-state index is 0.576. The molecule has 0 atom stereocenters. The number of rotatable bonds is 4. The Kier molecular flexibility index (Phi) is 4.45. The smallest absolute Gasteiger partial charge is 0.111 e. The number of hydrogen-bond donors (Lipinski definition) is 0. The summed E-state index contributed by atoms with van der Waals surface area (Å²) in [5.74, 6) is 1.61. The molecule has 0 bridgehead atoms. The average Bonchev–Trinajstić information content (AvgIpc) is 2.79. The Morgan fingerprint density at radius 1 is 1.29 bits per heavy atom. The lowest BCUT2D eigenvalue weighted by Gasteiger charge is -2.10. The quantitative estimate of drug-likeness (QED) is 0.476. The molecule has 0 aliphatic heterocycles. The maximum Gasteiger partial charge on any atom is 0.111 e. The highest BCUT2D eigenvalue weighted by molar-refractivity contribution is 14.1. The van der Waals surface area contributed by atoms with Gasteiger partial charge in [0.05, 0.1) is 17.6 Å². The summed E-state index contributed by atoms with van der Waals surface area (Å²) in [6.07, 6.45) is 4.53. The fraction of sp³-hybridized carbons (Fsp3) is 0.250. The molecule has 0 amide bonds. The number of nitrogens with zero attached hydrogens (tertiary/aromatic N) is 3. The van der Waals surface area contributed by atoms with E-state index < -0.39 is 0 Å². The van der Waals surface area contributed by atoms with Crippen molar-refractivity contribution < 1.29 is 0 Å². The standard InChI is InChI=1S/C16H15ClIN3/c1-11-5-7-19-9-12(11)10-21-15-3-2-13(18)8-14(15)20-16(21)4-6-17/h2-3,5,7-9H,4,6,10H2,1H3. The van der Waals surface area contributed by atoms with Gasteiger partial charge < -0.3 is 4.57 Å². The summed E-state index contributed by atoms with van der Waals surface area (Å²) in [6.45, 7) is 2.89. The molecule has 2 aromatic heterocycles. The molecule has 0 unspecified atom stereocenters. The van der Waals surface area contributed by atoms with E-state index in [0.717, 1.165) is 29.8 Å². The third-order valence-corrected chi connectivity index (χ3v) is 4.44. The number of hydrogen-bond acceptors (Lipinski definition) is 2. The summed E-state index contributed by atoms with van der Waals surface area (Å²) >= 11 is 8.25. The van der Waals surface area contributed by atoms with Crippen LogP contribution in [0.2, 0.25) is 0 Å². The van der Waals surface area contributed by atoms with Crippen LogP contribution in [0.15, 0.2) is 36.7 Å². The van der Waals surface area contributed by atoms with Crippen molar-refractivity contribution in [3.63, 3.8) is 0 Å². The maximum absolute atomic E-state index is 5.93. The van der Waals surface area contributed by atoms with Crippen LogP contribution in [0.4, 0.5) is 0 Å². The molecule has 0 radical (unpaired) electrons. The minimum absolute atomic E-state index is 0.576. The van der Waals surface area contributed by atoms with Gasteiger partial charge in [-0.2, -0.15) is 0 Å². The molecule has 5 heteroatoms. The Morgan fingerprint density at radius 3 is 2.90 bits per heavy atom. The van der Waals surface area contributed by atoms with Crippen molar-refractivity contribution >= 4 is 45.2 Å².